The Morgan fingerprint density at radius 3 is 2.12 bits per heavy atom. The molecule has 0 atom stereocenters. The van der Waals surface area contributed by atoms with Gasteiger partial charge in [0, 0.05) is 12.8 Å². The number of hydrogen-bond donors (Lipinski definition) is 0. The normalized spacial score (nSPS) is 15.9. The predicted octanol–water partition coefficient (Wildman–Crippen LogP) is 7.86. The summed E-state index contributed by atoms with van der Waals surface area (Å²) in [6, 6.07) is 25.5. The van der Waals surface area contributed by atoms with Crippen LogP contribution in [0.2, 0.25) is 0 Å². The second kappa shape index (κ2) is 10.8. The number of carbonyl (C=O) groups excluding carboxylic acids is 2. The Labute approximate surface area is 247 Å². The molecule has 210 valence electrons. The fourth-order valence-corrected chi connectivity index (χ4v) is 6.88. The van der Waals surface area contributed by atoms with Crippen molar-refractivity contribution in [1.82, 2.24) is 0 Å². The minimum Gasteiger partial charge on any atom is -0.462 e. The van der Waals surface area contributed by atoms with Crippen molar-refractivity contribution in [1.29, 1.82) is 0 Å². The summed E-state index contributed by atoms with van der Waals surface area (Å²) in [7, 11) is 0. The molecular formula is C38H34O4. The summed E-state index contributed by atoms with van der Waals surface area (Å²) in [4.78, 5) is 26.2. The van der Waals surface area contributed by atoms with E-state index >= 15 is 0 Å². The first-order valence-corrected chi connectivity index (χ1v) is 15.0. The molecule has 2 heterocycles. The molecule has 0 fully saturated rings. The van der Waals surface area contributed by atoms with Gasteiger partial charge in [0.25, 0.3) is 0 Å². The molecule has 0 saturated heterocycles. The number of allylic oxidation sites excluding steroid dienone is 2. The standard InChI is InChI=1S/C38H34O4/c1-3-25-17-26-9-10-27(18-30(26)15-23(25)2)31-19-29-12-14-42-38(40)36(29)34(22-31)32-20-28-11-13-41-37(39)35(28)33(21-32)16-24-7-5-4-6-8-24/h4-10,18-22H,3,11-17H2,1-2H3. The number of rotatable bonds is 5. The Bertz CT molecular complexity index is 1780. The first kappa shape index (κ1) is 26.5. The Balaban J connectivity index is 1.38. The second-order valence-electron chi connectivity index (χ2n) is 11.7. The third-order valence-electron chi connectivity index (χ3n) is 9.12. The first-order valence-electron chi connectivity index (χ1n) is 15.0. The van der Waals surface area contributed by atoms with E-state index < -0.39 is 0 Å². The number of cyclic esters (lactones) is 2. The van der Waals surface area contributed by atoms with Crippen molar-refractivity contribution in [3.63, 3.8) is 0 Å². The van der Waals surface area contributed by atoms with Crippen molar-refractivity contribution in [3.05, 3.63) is 128 Å². The third kappa shape index (κ3) is 4.75. The largest absolute Gasteiger partial charge is 0.462 e. The van der Waals surface area contributed by atoms with E-state index in [1.807, 2.05) is 18.2 Å². The van der Waals surface area contributed by atoms with Crippen LogP contribution in [-0.2, 0) is 41.6 Å². The molecular weight excluding hydrogens is 520 g/mol. The van der Waals surface area contributed by atoms with Crippen LogP contribution in [0.1, 0.15) is 74.4 Å². The number of carbonyl (C=O) groups is 2. The van der Waals surface area contributed by atoms with Gasteiger partial charge in [0.2, 0.25) is 0 Å². The SMILES string of the molecule is CCC1=C(C)Cc2cc(-c3cc4c(c(-c5cc6c(c(Cc7ccccc7)c5)C(=O)OCC6)c3)C(=O)OCC4)ccc2C1. The maximum absolute atomic E-state index is 13.2. The molecule has 0 N–H and O–H groups in total. The number of fused-ring (bicyclic) bond motifs is 3. The lowest BCUT2D eigenvalue weighted by Gasteiger charge is -2.24. The molecule has 1 aliphatic carbocycles. The lowest BCUT2D eigenvalue weighted by molar-refractivity contribution is 0.0470. The second-order valence-corrected chi connectivity index (χ2v) is 11.7. The minimum absolute atomic E-state index is 0.270. The highest BCUT2D eigenvalue weighted by Crippen LogP contribution is 2.39. The quantitative estimate of drug-likeness (QED) is 0.186. The third-order valence-corrected chi connectivity index (χ3v) is 9.12. The van der Waals surface area contributed by atoms with Gasteiger partial charge in [-0.25, -0.2) is 9.59 Å². The van der Waals surface area contributed by atoms with Crippen molar-refractivity contribution in [3.8, 4) is 22.3 Å². The van der Waals surface area contributed by atoms with Crippen LogP contribution in [0.25, 0.3) is 22.3 Å². The van der Waals surface area contributed by atoms with Crippen LogP contribution in [0.5, 0.6) is 0 Å². The van der Waals surface area contributed by atoms with E-state index in [0.717, 1.165) is 63.8 Å². The molecule has 0 aromatic heterocycles. The molecule has 0 saturated carbocycles. The minimum atomic E-state index is -0.280. The van der Waals surface area contributed by atoms with Gasteiger partial charge >= 0.3 is 11.9 Å². The van der Waals surface area contributed by atoms with Crippen LogP contribution in [0.4, 0.5) is 0 Å². The Kier molecular flexibility index (Phi) is 6.78. The average molecular weight is 555 g/mol. The zero-order valence-electron chi connectivity index (χ0n) is 24.2. The molecule has 3 aliphatic rings. The number of benzene rings is 4. The topological polar surface area (TPSA) is 52.6 Å². The first-order chi connectivity index (χ1) is 20.5. The highest BCUT2D eigenvalue weighted by molar-refractivity contribution is 6.02. The maximum Gasteiger partial charge on any atom is 0.339 e. The van der Waals surface area contributed by atoms with Crippen molar-refractivity contribution in [2.45, 2.75) is 52.4 Å². The maximum atomic E-state index is 13.2. The molecule has 0 unspecified atom stereocenters. The van der Waals surface area contributed by atoms with Crippen molar-refractivity contribution < 1.29 is 19.1 Å². The molecule has 4 aromatic carbocycles. The van der Waals surface area contributed by atoms with Crippen LogP contribution in [0.3, 0.4) is 0 Å². The Hall–Kier alpha value is -4.44. The summed E-state index contributed by atoms with van der Waals surface area (Å²) < 4.78 is 11.0. The van der Waals surface area contributed by atoms with Crippen molar-refractivity contribution >= 4 is 11.9 Å². The molecule has 0 amide bonds. The van der Waals surface area contributed by atoms with Gasteiger partial charge in [-0.15, -0.1) is 0 Å². The Morgan fingerprint density at radius 1 is 0.667 bits per heavy atom. The summed E-state index contributed by atoms with van der Waals surface area (Å²) in [6.45, 7) is 5.25. The molecule has 42 heavy (non-hydrogen) atoms. The molecule has 0 radical (unpaired) electrons. The van der Waals surface area contributed by atoms with E-state index in [2.05, 4.69) is 68.4 Å². The Morgan fingerprint density at radius 2 is 1.36 bits per heavy atom. The van der Waals surface area contributed by atoms with Gasteiger partial charge in [0.15, 0.2) is 0 Å². The van der Waals surface area contributed by atoms with Gasteiger partial charge in [-0.3, -0.25) is 0 Å². The molecule has 4 nitrogen and oxygen atoms in total. The number of esters is 2. The van der Waals surface area contributed by atoms with Gasteiger partial charge in [0.05, 0.1) is 24.3 Å². The summed E-state index contributed by atoms with van der Waals surface area (Å²) in [5.74, 6) is -0.550. The van der Waals surface area contributed by atoms with Crippen molar-refractivity contribution in [2.75, 3.05) is 13.2 Å². The smallest absolute Gasteiger partial charge is 0.339 e. The highest BCUT2D eigenvalue weighted by Gasteiger charge is 2.28. The fourth-order valence-electron chi connectivity index (χ4n) is 6.88. The number of ether oxygens (including phenoxy) is 2. The lowest BCUT2D eigenvalue weighted by atomic mass is 9.82. The van der Waals surface area contributed by atoms with Gasteiger partial charge < -0.3 is 9.47 Å². The molecule has 4 aromatic rings. The number of hydrogen-bond acceptors (Lipinski definition) is 4. The zero-order valence-corrected chi connectivity index (χ0v) is 24.2. The van der Waals surface area contributed by atoms with Gasteiger partial charge in [0.1, 0.15) is 0 Å². The zero-order chi connectivity index (χ0) is 28.8. The van der Waals surface area contributed by atoms with E-state index in [9.17, 15) is 9.59 Å². The van der Waals surface area contributed by atoms with Gasteiger partial charge in [-0.05, 0) is 100 Å². The summed E-state index contributed by atoms with van der Waals surface area (Å²) in [5.41, 5.74) is 15.2. The van der Waals surface area contributed by atoms with Crippen LogP contribution >= 0.6 is 0 Å². The van der Waals surface area contributed by atoms with Crippen LogP contribution < -0.4 is 0 Å². The fraction of sp³-hybridized carbons (Fsp3) is 0.263. The predicted molar refractivity (Wildman–Crippen MR) is 165 cm³/mol. The highest BCUT2D eigenvalue weighted by atomic mass is 16.5. The summed E-state index contributed by atoms with van der Waals surface area (Å²) >= 11 is 0. The van der Waals surface area contributed by atoms with E-state index in [4.69, 9.17) is 9.47 Å². The summed E-state index contributed by atoms with van der Waals surface area (Å²) in [5, 5.41) is 0. The van der Waals surface area contributed by atoms with Crippen LogP contribution in [0, 0.1) is 0 Å². The molecule has 4 heteroatoms. The molecule has 0 bridgehead atoms. The van der Waals surface area contributed by atoms with E-state index in [-0.39, 0.29) is 11.9 Å². The van der Waals surface area contributed by atoms with E-state index in [1.165, 1.54) is 16.7 Å². The molecule has 2 aliphatic heterocycles. The summed E-state index contributed by atoms with van der Waals surface area (Å²) in [6.07, 6.45) is 5.06. The lowest BCUT2D eigenvalue weighted by Crippen LogP contribution is -2.21. The van der Waals surface area contributed by atoms with Gasteiger partial charge in [-0.1, -0.05) is 78.7 Å². The van der Waals surface area contributed by atoms with E-state index in [0.29, 0.717) is 43.6 Å². The monoisotopic (exact) mass is 554 g/mol. The average Bonchev–Trinajstić information content (AvgIpc) is 3.00. The molecule has 0 spiro atoms. The van der Waals surface area contributed by atoms with Gasteiger partial charge in [-0.2, -0.15) is 0 Å². The van der Waals surface area contributed by atoms with Crippen LogP contribution in [-0.4, -0.2) is 25.2 Å². The van der Waals surface area contributed by atoms with Crippen LogP contribution in [0.15, 0.2) is 83.9 Å². The van der Waals surface area contributed by atoms with Crippen molar-refractivity contribution in [2.24, 2.45) is 0 Å². The van der Waals surface area contributed by atoms with E-state index in [1.54, 1.807) is 5.57 Å². The molecule has 7 rings (SSSR count).